The zero-order chi connectivity index (χ0) is 17.2. The topological polar surface area (TPSA) is 78.8 Å². The zero-order valence-corrected chi connectivity index (χ0v) is 14.5. The summed E-state index contributed by atoms with van der Waals surface area (Å²) in [6.07, 6.45) is 6.40. The molecule has 3 heterocycles. The van der Waals surface area contributed by atoms with E-state index in [0.29, 0.717) is 31.4 Å². The molecule has 0 spiro atoms. The molecule has 4 rings (SSSR count). The number of carbonyl (C=O) groups is 1. The van der Waals surface area contributed by atoms with Crippen molar-refractivity contribution in [2.24, 2.45) is 5.92 Å². The van der Waals surface area contributed by atoms with Gasteiger partial charge in [-0.05, 0) is 31.7 Å². The molecule has 1 N–H and O–H groups in total. The van der Waals surface area contributed by atoms with Crippen LogP contribution in [-0.2, 0) is 4.74 Å². The maximum absolute atomic E-state index is 13.1. The number of rotatable bonds is 3. The van der Waals surface area contributed by atoms with Gasteiger partial charge >= 0.3 is 0 Å². The highest BCUT2D eigenvalue weighted by molar-refractivity contribution is 5.92. The summed E-state index contributed by atoms with van der Waals surface area (Å²) in [5.74, 6) is 0.674. The van der Waals surface area contributed by atoms with Crippen LogP contribution in [0.1, 0.15) is 42.6 Å². The number of aliphatic hydroxyl groups excluding tert-OH is 1. The molecule has 1 aromatic rings. The molecule has 1 amide bonds. The third kappa shape index (κ3) is 3.35. The first kappa shape index (κ1) is 16.7. The van der Waals surface area contributed by atoms with Crippen molar-refractivity contribution < 1.29 is 14.6 Å². The molecule has 2 saturated heterocycles. The van der Waals surface area contributed by atoms with Crippen molar-refractivity contribution in [1.29, 1.82) is 0 Å². The van der Waals surface area contributed by atoms with E-state index in [1.165, 1.54) is 0 Å². The molecule has 25 heavy (non-hydrogen) atoms. The SMILES string of the molecule is O=C(c1ccnc(N2CCCC2)n1)N1CCOC[C@@H]1[C@@H]1CCC[C@@H]1O. The van der Waals surface area contributed by atoms with Gasteiger partial charge in [-0.1, -0.05) is 6.42 Å². The Morgan fingerprint density at radius 2 is 2.04 bits per heavy atom. The summed E-state index contributed by atoms with van der Waals surface area (Å²) < 4.78 is 5.62. The van der Waals surface area contributed by atoms with E-state index >= 15 is 0 Å². The van der Waals surface area contributed by atoms with E-state index in [0.717, 1.165) is 45.2 Å². The lowest BCUT2D eigenvalue weighted by atomic mass is 9.94. The van der Waals surface area contributed by atoms with Crippen molar-refractivity contribution in [3.8, 4) is 0 Å². The van der Waals surface area contributed by atoms with Gasteiger partial charge in [0.15, 0.2) is 0 Å². The summed E-state index contributed by atoms with van der Waals surface area (Å²) in [5.41, 5.74) is 0.441. The van der Waals surface area contributed by atoms with E-state index in [4.69, 9.17) is 4.74 Å². The molecule has 0 radical (unpaired) electrons. The number of aromatic nitrogens is 2. The second-order valence-electron chi connectivity index (χ2n) is 7.24. The summed E-state index contributed by atoms with van der Waals surface area (Å²) in [6, 6.07) is 1.63. The molecule has 1 saturated carbocycles. The van der Waals surface area contributed by atoms with Crippen molar-refractivity contribution in [3.05, 3.63) is 18.0 Å². The number of hydrogen-bond donors (Lipinski definition) is 1. The molecule has 3 aliphatic rings. The van der Waals surface area contributed by atoms with Gasteiger partial charge in [-0.2, -0.15) is 0 Å². The van der Waals surface area contributed by atoms with Gasteiger partial charge in [-0.3, -0.25) is 4.79 Å². The first-order valence-corrected chi connectivity index (χ1v) is 9.39. The monoisotopic (exact) mass is 346 g/mol. The number of nitrogens with zero attached hydrogens (tertiary/aromatic N) is 4. The normalized spacial score (nSPS) is 30.0. The second kappa shape index (κ2) is 7.25. The lowest BCUT2D eigenvalue weighted by Gasteiger charge is -2.39. The zero-order valence-electron chi connectivity index (χ0n) is 14.5. The predicted molar refractivity (Wildman–Crippen MR) is 92.5 cm³/mol. The summed E-state index contributed by atoms with van der Waals surface area (Å²) in [7, 11) is 0. The first-order chi connectivity index (χ1) is 12.2. The van der Waals surface area contributed by atoms with Gasteiger partial charge in [-0.25, -0.2) is 9.97 Å². The standard InChI is InChI=1S/C18H26N4O3/c23-16-5-3-4-13(16)15-12-25-11-10-22(15)17(24)14-6-7-19-18(20-14)21-8-1-2-9-21/h6-7,13,15-16,23H,1-5,8-12H2/t13-,15+,16-/m0/s1. The highest BCUT2D eigenvalue weighted by Gasteiger charge is 2.40. The largest absolute Gasteiger partial charge is 0.393 e. The fourth-order valence-corrected chi connectivity index (χ4v) is 4.33. The molecule has 0 aromatic carbocycles. The minimum absolute atomic E-state index is 0.0658. The summed E-state index contributed by atoms with van der Waals surface area (Å²) in [6.45, 7) is 3.49. The average Bonchev–Trinajstić information content (AvgIpc) is 3.33. The third-order valence-corrected chi connectivity index (χ3v) is 5.70. The Morgan fingerprint density at radius 3 is 2.80 bits per heavy atom. The Kier molecular flexibility index (Phi) is 4.85. The maximum atomic E-state index is 13.1. The molecule has 0 unspecified atom stereocenters. The smallest absolute Gasteiger partial charge is 0.273 e. The van der Waals surface area contributed by atoms with Crippen LogP contribution >= 0.6 is 0 Å². The van der Waals surface area contributed by atoms with E-state index in [-0.39, 0.29) is 24.0 Å². The summed E-state index contributed by atoms with van der Waals surface area (Å²) >= 11 is 0. The molecule has 3 atom stereocenters. The summed E-state index contributed by atoms with van der Waals surface area (Å²) in [5, 5.41) is 10.3. The highest BCUT2D eigenvalue weighted by Crippen LogP contribution is 2.32. The molecular weight excluding hydrogens is 320 g/mol. The number of amides is 1. The molecule has 0 bridgehead atoms. The first-order valence-electron chi connectivity index (χ1n) is 9.39. The van der Waals surface area contributed by atoms with Gasteiger partial charge in [0, 0.05) is 31.7 Å². The van der Waals surface area contributed by atoms with Gasteiger partial charge < -0.3 is 19.6 Å². The van der Waals surface area contributed by atoms with Crippen LogP contribution in [-0.4, -0.2) is 70.9 Å². The van der Waals surface area contributed by atoms with Gasteiger partial charge in [0.1, 0.15) is 5.69 Å². The highest BCUT2D eigenvalue weighted by atomic mass is 16.5. The van der Waals surface area contributed by atoms with Gasteiger partial charge in [0.05, 0.1) is 25.4 Å². The Labute approximate surface area is 148 Å². The third-order valence-electron chi connectivity index (χ3n) is 5.70. The van der Waals surface area contributed by atoms with Crippen LogP contribution < -0.4 is 4.90 Å². The molecule has 3 fully saturated rings. The lowest BCUT2D eigenvalue weighted by molar-refractivity contribution is -0.0385. The Morgan fingerprint density at radius 1 is 1.20 bits per heavy atom. The minimum atomic E-state index is -0.340. The molecular formula is C18H26N4O3. The lowest BCUT2D eigenvalue weighted by Crippen LogP contribution is -2.53. The van der Waals surface area contributed by atoms with E-state index in [1.807, 2.05) is 4.90 Å². The fraction of sp³-hybridized carbons (Fsp3) is 0.722. The second-order valence-corrected chi connectivity index (χ2v) is 7.24. The average molecular weight is 346 g/mol. The van der Waals surface area contributed by atoms with Gasteiger partial charge in [0.25, 0.3) is 5.91 Å². The molecule has 136 valence electrons. The molecule has 7 heteroatoms. The molecule has 7 nitrogen and oxygen atoms in total. The van der Waals surface area contributed by atoms with Crippen molar-refractivity contribution in [2.45, 2.75) is 44.2 Å². The Bertz CT molecular complexity index is 620. The van der Waals surface area contributed by atoms with Crippen LogP contribution in [0.3, 0.4) is 0 Å². The van der Waals surface area contributed by atoms with Gasteiger partial charge in [0.2, 0.25) is 5.95 Å². The number of morpholine rings is 1. The molecule has 2 aliphatic heterocycles. The van der Waals surface area contributed by atoms with Crippen molar-refractivity contribution >= 4 is 11.9 Å². The Hall–Kier alpha value is -1.73. The predicted octanol–water partition coefficient (Wildman–Crippen LogP) is 1.08. The van der Waals surface area contributed by atoms with Crippen LogP contribution in [0.15, 0.2) is 12.3 Å². The number of aliphatic hydroxyl groups is 1. The van der Waals surface area contributed by atoms with E-state index in [2.05, 4.69) is 14.9 Å². The van der Waals surface area contributed by atoms with Gasteiger partial charge in [-0.15, -0.1) is 0 Å². The van der Waals surface area contributed by atoms with Crippen molar-refractivity contribution in [1.82, 2.24) is 14.9 Å². The van der Waals surface area contributed by atoms with Crippen LogP contribution in [0.25, 0.3) is 0 Å². The number of hydrogen-bond acceptors (Lipinski definition) is 6. The van der Waals surface area contributed by atoms with E-state index in [1.54, 1.807) is 12.3 Å². The van der Waals surface area contributed by atoms with Crippen LogP contribution in [0, 0.1) is 5.92 Å². The number of carbonyl (C=O) groups excluding carboxylic acids is 1. The summed E-state index contributed by atoms with van der Waals surface area (Å²) in [4.78, 5) is 26.0. The van der Waals surface area contributed by atoms with Crippen molar-refractivity contribution in [2.75, 3.05) is 37.7 Å². The molecule has 1 aromatic heterocycles. The minimum Gasteiger partial charge on any atom is -0.393 e. The number of anilines is 1. The van der Waals surface area contributed by atoms with Crippen LogP contribution in [0.2, 0.25) is 0 Å². The van der Waals surface area contributed by atoms with Crippen molar-refractivity contribution in [3.63, 3.8) is 0 Å². The number of ether oxygens (including phenoxy) is 1. The van der Waals surface area contributed by atoms with Crippen LogP contribution in [0.4, 0.5) is 5.95 Å². The Balaban J connectivity index is 1.54. The van der Waals surface area contributed by atoms with E-state index in [9.17, 15) is 9.90 Å². The quantitative estimate of drug-likeness (QED) is 0.882. The van der Waals surface area contributed by atoms with E-state index < -0.39 is 0 Å². The molecule has 1 aliphatic carbocycles. The maximum Gasteiger partial charge on any atom is 0.273 e. The van der Waals surface area contributed by atoms with Crippen LogP contribution in [0.5, 0.6) is 0 Å². The fourth-order valence-electron chi connectivity index (χ4n) is 4.33.